The molecule has 2 unspecified atom stereocenters. The molecule has 0 spiro atoms. The Kier molecular flexibility index (Phi) is 4.97. The lowest BCUT2D eigenvalue weighted by Crippen LogP contribution is -2.34. The first kappa shape index (κ1) is 14.8. The van der Waals surface area contributed by atoms with Gasteiger partial charge in [0.1, 0.15) is 0 Å². The summed E-state index contributed by atoms with van der Waals surface area (Å²) in [5.41, 5.74) is 1.82. The second-order valence-corrected chi connectivity index (χ2v) is 5.76. The minimum atomic E-state index is -0.675. The van der Waals surface area contributed by atoms with Crippen molar-refractivity contribution in [2.75, 3.05) is 0 Å². The molecule has 0 saturated carbocycles. The maximum Gasteiger partial charge on any atom is 0.0691 e. The summed E-state index contributed by atoms with van der Waals surface area (Å²) in [5.74, 6) is 0.131. The van der Waals surface area contributed by atoms with Crippen molar-refractivity contribution in [1.82, 2.24) is 0 Å². The zero-order valence-corrected chi connectivity index (χ0v) is 12.4. The van der Waals surface area contributed by atoms with Gasteiger partial charge in [0.15, 0.2) is 0 Å². The van der Waals surface area contributed by atoms with Gasteiger partial charge in [-0.15, -0.1) is 0 Å². The summed E-state index contributed by atoms with van der Waals surface area (Å²) >= 11 is 0. The van der Waals surface area contributed by atoms with E-state index in [4.69, 9.17) is 0 Å². The molecule has 1 nitrogen and oxygen atoms in total. The van der Waals surface area contributed by atoms with Crippen molar-refractivity contribution in [3.05, 3.63) is 71.8 Å². The second kappa shape index (κ2) is 6.71. The molecule has 0 aromatic heterocycles. The van der Waals surface area contributed by atoms with Crippen LogP contribution in [0.2, 0.25) is 0 Å². The molecule has 0 fully saturated rings. The predicted molar refractivity (Wildman–Crippen MR) is 84.9 cm³/mol. The van der Waals surface area contributed by atoms with E-state index in [-0.39, 0.29) is 5.92 Å². The van der Waals surface area contributed by atoms with E-state index in [9.17, 15) is 5.11 Å². The molecule has 0 aliphatic rings. The molecule has 0 radical (unpaired) electrons. The third-order valence-corrected chi connectivity index (χ3v) is 3.99. The van der Waals surface area contributed by atoms with Crippen LogP contribution in [-0.4, -0.2) is 10.7 Å². The average Bonchev–Trinajstić information content (AvgIpc) is 2.46. The smallest absolute Gasteiger partial charge is 0.0691 e. The Morgan fingerprint density at radius 2 is 1.50 bits per heavy atom. The van der Waals surface area contributed by atoms with Crippen molar-refractivity contribution in [2.45, 2.75) is 44.6 Å². The van der Waals surface area contributed by atoms with Gasteiger partial charge in [0.05, 0.1) is 5.60 Å². The lowest BCUT2D eigenvalue weighted by molar-refractivity contribution is 0.0210. The Balaban J connectivity index is 2.30. The lowest BCUT2D eigenvalue weighted by atomic mass is 9.77. The van der Waals surface area contributed by atoms with Crippen LogP contribution < -0.4 is 0 Å². The molecule has 106 valence electrons. The van der Waals surface area contributed by atoms with Gasteiger partial charge in [0, 0.05) is 5.92 Å². The van der Waals surface area contributed by atoms with Crippen LogP contribution >= 0.6 is 0 Å². The van der Waals surface area contributed by atoms with Crippen molar-refractivity contribution in [2.24, 2.45) is 0 Å². The molecule has 1 N–H and O–H groups in total. The fourth-order valence-corrected chi connectivity index (χ4v) is 2.91. The van der Waals surface area contributed by atoms with Crippen molar-refractivity contribution in [3.63, 3.8) is 0 Å². The first-order valence-electron chi connectivity index (χ1n) is 7.44. The number of hydrogen-bond acceptors (Lipinski definition) is 1. The largest absolute Gasteiger partial charge is 0.390 e. The highest BCUT2D eigenvalue weighted by Crippen LogP contribution is 2.34. The highest BCUT2D eigenvalue weighted by atomic mass is 16.3. The van der Waals surface area contributed by atoms with Crippen LogP contribution in [0.4, 0.5) is 0 Å². The molecular weight excluding hydrogens is 244 g/mol. The maximum atomic E-state index is 10.9. The van der Waals surface area contributed by atoms with Crippen molar-refractivity contribution < 1.29 is 5.11 Å². The van der Waals surface area contributed by atoms with Crippen LogP contribution in [-0.2, 0) is 6.42 Å². The van der Waals surface area contributed by atoms with E-state index in [1.165, 1.54) is 11.1 Å². The minimum Gasteiger partial charge on any atom is -0.390 e. The zero-order chi connectivity index (χ0) is 14.4. The first-order valence-corrected chi connectivity index (χ1v) is 7.44. The number of hydrogen-bond donors (Lipinski definition) is 1. The second-order valence-electron chi connectivity index (χ2n) is 5.76. The summed E-state index contributed by atoms with van der Waals surface area (Å²) in [6.07, 6.45) is 2.68. The molecule has 2 aromatic carbocycles. The fourth-order valence-electron chi connectivity index (χ4n) is 2.91. The van der Waals surface area contributed by atoms with Crippen LogP contribution in [0, 0.1) is 0 Å². The molecule has 2 rings (SSSR count). The Morgan fingerprint density at radius 1 is 0.950 bits per heavy atom. The van der Waals surface area contributed by atoms with E-state index in [0.29, 0.717) is 0 Å². The van der Waals surface area contributed by atoms with Gasteiger partial charge in [-0.3, -0.25) is 0 Å². The van der Waals surface area contributed by atoms with E-state index in [0.717, 1.165) is 19.3 Å². The number of rotatable bonds is 6. The van der Waals surface area contributed by atoms with Crippen molar-refractivity contribution >= 4 is 0 Å². The first-order chi connectivity index (χ1) is 9.63. The summed E-state index contributed by atoms with van der Waals surface area (Å²) in [6, 6.07) is 20.8. The van der Waals surface area contributed by atoms with Gasteiger partial charge in [-0.05, 0) is 30.9 Å². The summed E-state index contributed by atoms with van der Waals surface area (Å²) < 4.78 is 0. The van der Waals surface area contributed by atoms with Crippen LogP contribution in [0.15, 0.2) is 60.7 Å². The average molecular weight is 268 g/mol. The van der Waals surface area contributed by atoms with Gasteiger partial charge in [-0.1, -0.05) is 74.0 Å². The molecule has 0 saturated heterocycles. The molecule has 2 aromatic rings. The van der Waals surface area contributed by atoms with E-state index in [2.05, 4.69) is 55.5 Å². The molecule has 0 amide bonds. The lowest BCUT2D eigenvalue weighted by Gasteiger charge is -2.33. The van der Waals surface area contributed by atoms with Crippen molar-refractivity contribution in [1.29, 1.82) is 0 Å². The number of aliphatic hydroxyl groups is 1. The van der Waals surface area contributed by atoms with E-state index in [1.54, 1.807) is 0 Å². The Labute approximate surface area is 122 Å². The Hall–Kier alpha value is -1.60. The summed E-state index contributed by atoms with van der Waals surface area (Å²) in [5, 5.41) is 10.9. The Bertz CT molecular complexity index is 502. The maximum absolute atomic E-state index is 10.9. The topological polar surface area (TPSA) is 20.2 Å². The fraction of sp³-hybridized carbons (Fsp3) is 0.368. The number of benzene rings is 2. The van der Waals surface area contributed by atoms with Gasteiger partial charge in [-0.25, -0.2) is 0 Å². The monoisotopic (exact) mass is 268 g/mol. The highest BCUT2D eigenvalue weighted by molar-refractivity contribution is 5.27. The van der Waals surface area contributed by atoms with Crippen LogP contribution in [0.25, 0.3) is 0 Å². The van der Waals surface area contributed by atoms with Gasteiger partial charge in [-0.2, -0.15) is 0 Å². The van der Waals surface area contributed by atoms with E-state index in [1.807, 2.05) is 19.1 Å². The van der Waals surface area contributed by atoms with E-state index >= 15 is 0 Å². The van der Waals surface area contributed by atoms with Gasteiger partial charge < -0.3 is 5.11 Å². The molecule has 0 bridgehead atoms. The minimum absolute atomic E-state index is 0.131. The summed E-state index contributed by atoms with van der Waals surface area (Å²) in [6.45, 7) is 4.09. The third-order valence-electron chi connectivity index (χ3n) is 3.99. The predicted octanol–water partition coefficient (Wildman–Crippen LogP) is 4.56. The molecule has 1 heteroatoms. The van der Waals surface area contributed by atoms with Gasteiger partial charge >= 0.3 is 0 Å². The normalized spacial score (nSPS) is 15.6. The zero-order valence-electron chi connectivity index (χ0n) is 12.4. The van der Waals surface area contributed by atoms with Crippen molar-refractivity contribution in [3.8, 4) is 0 Å². The molecule has 0 aliphatic heterocycles. The van der Waals surface area contributed by atoms with Crippen LogP contribution in [0.5, 0.6) is 0 Å². The SMILES string of the molecule is CCCC(C)(O)C(Cc1ccccc1)c1ccccc1. The Morgan fingerprint density at radius 3 is 2.05 bits per heavy atom. The highest BCUT2D eigenvalue weighted by Gasteiger charge is 2.32. The van der Waals surface area contributed by atoms with Crippen LogP contribution in [0.3, 0.4) is 0 Å². The van der Waals surface area contributed by atoms with Crippen LogP contribution in [0.1, 0.15) is 43.7 Å². The van der Waals surface area contributed by atoms with E-state index < -0.39 is 5.60 Å². The third kappa shape index (κ3) is 3.71. The molecule has 0 heterocycles. The van der Waals surface area contributed by atoms with Gasteiger partial charge in [0.2, 0.25) is 0 Å². The molecule has 0 aliphatic carbocycles. The molecule has 2 atom stereocenters. The standard InChI is InChI=1S/C19H24O/c1-3-14-19(2,20)18(17-12-8-5-9-13-17)15-16-10-6-4-7-11-16/h4-13,18,20H,3,14-15H2,1-2H3. The quantitative estimate of drug-likeness (QED) is 0.814. The van der Waals surface area contributed by atoms with Gasteiger partial charge in [0.25, 0.3) is 0 Å². The summed E-state index contributed by atoms with van der Waals surface area (Å²) in [4.78, 5) is 0. The molecular formula is C19H24O. The summed E-state index contributed by atoms with van der Waals surface area (Å²) in [7, 11) is 0. The molecule has 20 heavy (non-hydrogen) atoms.